The Hall–Kier alpha value is -2.39. The van der Waals surface area contributed by atoms with Crippen LogP contribution in [0.4, 0.5) is 5.13 Å². The van der Waals surface area contributed by atoms with E-state index in [2.05, 4.69) is 15.6 Å². The molecule has 1 saturated heterocycles. The Morgan fingerprint density at radius 3 is 2.92 bits per heavy atom. The second-order valence-electron chi connectivity index (χ2n) is 6.06. The van der Waals surface area contributed by atoms with E-state index in [0.717, 1.165) is 5.56 Å². The number of amides is 3. The molecule has 0 aliphatic carbocycles. The van der Waals surface area contributed by atoms with Crippen LogP contribution in [0.5, 0.6) is 0 Å². The topological polar surface area (TPSA) is 91.4 Å². The third kappa shape index (κ3) is 2.86. The van der Waals surface area contributed by atoms with Crippen LogP contribution < -0.4 is 10.6 Å². The molecule has 1 aromatic heterocycles. The average molecular weight is 388 g/mol. The van der Waals surface area contributed by atoms with E-state index >= 15 is 0 Å². The minimum atomic E-state index is -0.726. The van der Waals surface area contributed by atoms with E-state index in [0.29, 0.717) is 16.4 Å². The molecule has 3 amide bonds. The number of fused-ring (bicyclic) bond motifs is 3. The number of carbonyl (C=O) groups is 3. The molecule has 3 atom stereocenters. The maximum atomic E-state index is 12.7. The Morgan fingerprint density at radius 1 is 1.35 bits per heavy atom. The summed E-state index contributed by atoms with van der Waals surface area (Å²) in [4.78, 5) is 43.2. The molecular weight excluding hydrogens is 372 g/mol. The summed E-state index contributed by atoms with van der Waals surface area (Å²) in [5.41, 5.74) is 1.60. The van der Waals surface area contributed by atoms with E-state index in [9.17, 15) is 14.4 Å². The van der Waals surface area contributed by atoms with Gasteiger partial charge in [0.25, 0.3) is 5.91 Å². The number of nitrogens with zero attached hydrogens (tertiary/aromatic N) is 2. The van der Waals surface area contributed by atoms with Gasteiger partial charge in [0, 0.05) is 22.9 Å². The molecule has 0 bridgehead atoms. The van der Waals surface area contributed by atoms with Gasteiger partial charge in [0.15, 0.2) is 5.13 Å². The highest BCUT2D eigenvalue weighted by atomic mass is 32.2. The zero-order valence-electron chi connectivity index (χ0n) is 13.8. The quantitative estimate of drug-likeness (QED) is 0.834. The van der Waals surface area contributed by atoms with Crippen molar-refractivity contribution in [1.82, 2.24) is 15.2 Å². The van der Waals surface area contributed by atoms with Gasteiger partial charge in [-0.05, 0) is 18.6 Å². The van der Waals surface area contributed by atoms with Crippen LogP contribution in [-0.2, 0) is 9.59 Å². The lowest BCUT2D eigenvalue weighted by atomic mass is 10.1. The maximum absolute atomic E-state index is 12.7. The van der Waals surface area contributed by atoms with E-state index in [1.54, 1.807) is 41.2 Å². The first kappa shape index (κ1) is 17.0. The second-order valence-corrected chi connectivity index (χ2v) is 8.07. The van der Waals surface area contributed by atoms with Gasteiger partial charge >= 0.3 is 0 Å². The van der Waals surface area contributed by atoms with Gasteiger partial charge in [-0.1, -0.05) is 18.2 Å². The molecule has 3 heterocycles. The summed E-state index contributed by atoms with van der Waals surface area (Å²) in [6.45, 7) is 1.61. The van der Waals surface area contributed by atoms with Gasteiger partial charge in [-0.25, -0.2) is 4.98 Å². The number of anilines is 1. The SMILES string of the molecule is CC(NC(=O)C1CSC2c3ccccc3C(=O)N12)C(=O)Nc1nccs1. The first-order chi connectivity index (χ1) is 12.6. The molecule has 0 radical (unpaired) electrons. The predicted molar refractivity (Wildman–Crippen MR) is 99.9 cm³/mol. The number of carbonyl (C=O) groups excluding carboxylic acids is 3. The summed E-state index contributed by atoms with van der Waals surface area (Å²) in [6.07, 6.45) is 1.59. The highest BCUT2D eigenvalue weighted by molar-refractivity contribution is 7.99. The molecule has 2 aromatic rings. The van der Waals surface area contributed by atoms with Crippen molar-refractivity contribution in [3.63, 3.8) is 0 Å². The lowest BCUT2D eigenvalue weighted by Crippen LogP contribution is -2.51. The molecule has 9 heteroatoms. The van der Waals surface area contributed by atoms with E-state index in [4.69, 9.17) is 0 Å². The van der Waals surface area contributed by atoms with Crippen molar-refractivity contribution in [3.05, 3.63) is 47.0 Å². The summed E-state index contributed by atoms with van der Waals surface area (Å²) >= 11 is 2.88. The smallest absolute Gasteiger partial charge is 0.256 e. The Morgan fingerprint density at radius 2 is 2.15 bits per heavy atom. The summed E-state index contributed by atoms with van der Waals surface area (Å²) in [7, 11) is 0. The summed E-state index contributed by atoms with van der Waals surface area (Å²) < 4.78 is 0. The van der Waals surface area contributed by atoms with Gasteiger partial charge in [0.1, 0.15) is 17.5 Å². The summed E-state index contributed by atoms with van der Waals surface area (Å²) in [6, 6.07) is 6.12. The first-order valence-corrected chi connectivity index (χ1v) is 10.0. The number of hydrogen-bond acceptors (Lipinski definition) is 6. The zero-order chi connectivity index (χ0) is 18.3. The second kappa shape index (κ2) is 6.73. The number of thiazole rings is 1. The van der Waals surface area contributed by atoms with Crippen molar-refractivity contribution in [2.75, 3.05) is 11.1 Å². The molecule has 26 heavy (non-hydrogen) atoms. The van der Waals surface area contributed by atoms with Crippen LogP contribution in [0.2, 0.25) is 0 Å². The van der Waals surface area contributed by atoms with Crippen molar-refractivity contribution in [2.45, 2.75) is 24.4 Å². The van der Waals surface area contributed by atoms with E-state index in [-0.39, 0.29) is 23.1 Å². The van der Waals surface area contributed by atoms with Gasteiger partial charge in [-0.2, -0.15) is 0 Å². The largest absolute Gasteiger partial charge is 0.343 e. The van der Waals surface area contributed by atoms with Crippen molar-refractivity contribution in [3.8, 4) is 0 Å². The van der Waals surface area contributed by atoms with Gasteiger partial charge < -0.3 is 15.5 Å². The fourth-order valence-corrected chi connectivity index (χ4v) is 5.11. The molecule has 0 saturated carbocycles. The molecule has 2 N–H and O–H groups in total. The number of nitrogens with one attached hydrogen (secondary N) is 2. The molecule has 4 rings (SSSR count). The van der Waals surface area contributed by atoms with Crippen molar-refractivity contribution in [2.24, 2.45) is 0 Å². The molecule has 1 fully saturated rings. The fraction of sp³-hybridized carbons (Fsp3) is 0.294. The number of rotatable bonds is 4. The number of hydrogen-bond donors (Lipinski definition) is 2. The maximum Gasteiger partial charge on any atom is 0.256 e. The molecule has 3 unspecified atom stereocenters. The van der Waals surface area contributed by atoms with Crippen molar-refractivity contribution >= 4 is 46.0 Å². The molecule has 2 aliphatic rings. The van der Waals surface area contributed by atoms with Crippen molar-refractivity contribution < 1.29 is 14.4 Å². The Balaban J connectivity index is 1.43. The van der Waals surface area contributed by atoms with Crippen molar-refractivity contribution in [1.29, 1.82) is 0 Å². The predicted octanol–water partition coefficient (Wildman–Crippen LogP) is 1.86. The summed E-state index contributed by atoms with van der Waals surface area (Å²) in [5, 5.41) is 7.48. The first-order valence-electron chi connectivity index (χ1n) is 8.10. The Kier molecular flexibility index (Phi) is 4.41. The van der Waals surface area contributed by atoms with Crippen LogP contribution in [0.25, 0.3) is 0 Å². The van der Waals surface area contributed by atoms with E-state index in [1.165, 1.54) is 11.3 Å². The monoisotopic (exact) mass is 388 g/mol. The molecular formula is C17H16N4O3S2. The number of aromatic nitrogens is 1. The number of thioether (sulfide) groups is 1. The third-order valence-corrected chi connectivity index (χ3v) is 6.40. The molecule has 1 aromatic carbocycles. The lowest BCUT2D eigenvalue weighted by molar-refractivity contribution is -0.128. The molecule has 2 aliphatic heterocycles. The van der Waals surface area contributed by atoms with Gasteiger partial charge in [-0.3, -0.25) is 14.4 Å². The van der Waals surface area contributed by atoms with Crippen LogP contribution in [0, 0.1) is 0 Å². The minimum absolute atomic E-state index is 0.129. The fourth-order valence-electron chi connectivity index (χ4n) is 3.12. The number of benzene rings is 1. The third-order valence-electron chi connectivity index (χ3n) is 4.41. The zero-order valence-corrected chi connectivity index (χ0v) is 15.5. The Bertz CT molecular complexity index is 871. The normalized spacial score (nSPS) is 21.9. The molecule has 134 valence electrons. The van der Waals surface area contributed by atoms with Gasteiger partial charge in [-0.15, -0.1) is 23.1 Å². The van der Waals surface area contributed by atoms with Gasteiger partial charge in [0.05, 0.1) is 0 Å². The Labute approximate surface area is 158 Å². The van der Waals surface area contributed by atoms with E-state index in [1.807, 2.05) is 18.2 Å². The van der Waals surface area contributed by atoms with Crippen LogP contribution in [0.15, 0.2) is 35.8 Å². The molecule has 0 spiro atoms. The average Bonchev–Trinajstić information content (AvgIpc) is 3.34. The lowest BCUT2D eigenvalue weighted by Gasteiger charge is -2.24. The molecule has 7 nitrogen and oxygen atoms in total. The van der Waals surface area contributed by atoms with Crippen LogP contribution >= 0.6 is 23.1 Å². The van der Waals surface area contributed by atoms with Gasteiger partial charge in [0.2, 0.25) is 11.8 Å². The van der Waals surface area contributed by atoms with E-state index < -0.39 is 12.1 Å². The van der Waals surface area contributed by atoms with Crippen LogP contribution in [0.3, 0.4) is 0 Å². The van der Waals surface area contributed by atoms with Crippen LogP contribution in [-0.4, -0.2) is 45.4 Å². The standard InChI is InChI=1S/C17H16N4O3S2/c1-9(13(22)20-17-18-6-7-25-17)19-14(23)12-8-26-16-11-5-3-2-4-10(11)15(24)21(12)16/h2-7,9,12,16H,8H2,1H3,(H,19,23)(H,18,20,22). The van der Waals surface area contributed by atoms with Crippen LogP contribution in [0.1, 0.15) is 28.2 Å². The minimum Gasteiger partial charge on any atom is -0.343 e. The summed E-state index contributed by atoms with van der Waals surface area (Å²) in [5.74, 6) is -0.276. The highest BCUT2D eigenvalue weighted by Crippen LogP contribution is 2.48. The highest BCUT2D eigenvalue weighted by Gasteiger charge is 2.48.